The molecule has 5 rings (SSSR count). The number of sulfonamides is 1. The molecule has 0 radical (unpaired) electrons. The zero-order valence-corrected chi connectivity index (χ0v) is 23.0. The lowest BCUT2D eigenvalue weighted by atomic mass is 9.91. The molecule has 1 aliphatic heterocycles. The van der Waals surface area contributed by atoms with Crippen molar-refractivity contribution < 1.29 is 13.2 Å². The summed E-state index contributed by atoms with van der Waals surface area (Å²) in [4.78, 5) is 11.5. The maximum atomic E-state index is 12.6. The van der Waals surface area contributed by atoms with Crippen molar-refractivity contribution in [2.45, 2.75) is 68.7 Å². The number of halogens is 1. The van der Waals surface area contributed by atoms with E-state index in [1.165, 1.54) is 11.1 Å². The molecule has 0 bridgehead atoms. The van der Waals surface area contributed by atoms with Gasteiger partial charge in [-0.3, -0.25) is 0 Å². The van der Waals surface area contributed by atoms with Gasteiger partial charge >= 0.3 is 0 Å². The Bertz CT molecular complexity index is 1190. The second-order valence-electron chi connectivity index (χ2n) is 10.3. The Morgan fingerprint density at radius 1 is 1.08 bits per heavy atom. The van der Waals surface area contributed by atoms with Crippen LogP contribution in [0.5, 0.6) is 0 Å². The summed E-state index contributed by atoms with van der Waals surface area (Å²) in [6, 6.07) is 6.19. The third kappa shape index (κ3) is 6.92. The highest BCUT2D eigenvalue weighted by molar-refractivity contribution is 7.90. The first-order valence-electron chi connectivity index (χ1n) is 13.3. The predicted molar refractivity (Wildman–Crippen MR) is 147 cm³/mol. The van der Waals surface area contributed by atoms with Gasteiger partial charge < -0.3 is 20.3 Å². The van der Waals surface area contributed by atoms with Crippen LogP contribution in [0.15, 0.2) is 24.4 Å². The first kappa shape index (κ1) is 26.6. The summed E-state index contributed by atoms with van der Waals surface area (Å²) in [7, 11) is -1.52. The van der Waals surface area contributed by atoms with Gasteiger partial charge in [-0.1, -0.05) is 30.5 Å². The van der Waals surface area contributed by atoms with Gasteiger partial charge in [0.05, 0.1) is 18.1 Å². The third-order valence-corrected chi connectivity index (χ3v) is 9.84. The molecule has 2 heterocycles. The molecular weight excluding hydrogens is 512 g/mol. The van der Waals surface area contributed by atoms with Crippen molar-refractivity contribution in [2.24, 2.45) is 0 Å². The molecule has 1 aromatic carbocycles. The number of rotatable bonds is 10. The Balaban J connectivity index is 1.26. The number of nitrogens with zero attached hydrogens (tertiary/aromatic N) is 3. The molecule has 202 valence electrons. The van der Waals surface area contributed by atoms with Crippen LogP contribution in [0.3, 0.4) is 0 Å². The Kier molecular flexibility index (Phi) is 8.50. The molecule has 11 heteroatoms. The highest BCUT2D eigenvalue weighted by atomic mass is 35.5. The molecule has 2 aromatic rings. The molecule has 0 amide bonds. The van der Waals surface area contributed by atoms with Gasteiger partial charge in [0.15, 0.2) is 5.82 Å². The lowest BCUT2D eigenvalue weighted by molar-refractivity contribution is 0.150. The molecule has 1 aromatic heterocycles. The van der Waals surface area contributed by atoms with Crippen LogP contribution in [0.1, 0.15) is 49.7 Å². The van der Waals surface area contributed by atoms with Gasteiger partial charge in [0.1, 0.15) is 5.02 Å². The molecule has 2 aliphatic carbocycles. The lowest BCUT2D eigenvalue weighted by Crippen LogP contribution is -2.49. The maximum absolute atomic E-state index is 12.6. The molecule has 0 spiro atoms. The van der Waals surface area contributed by atoms with Crippen molar-refractivity contribution >= 4 is 39.1 Å². The number of fused-ring (bicyclic) bond motifs is 1. The Hall–Kier alpha value is -1.98. The van der Waals surface area contributed by atoms with Crippen LogP contribution in [-0.2, 0) is 27.6 Å². The lowest BCUT2D eigenvalue weighted by Gasteiger charge is -2.33. The highest BCUT2D eigenvalue weighted by Crippen LogP contribution is 2.31. The van der Waals surface area contributed by atoms with Gasteiger partial charge in [0, 0.05) is 44.5 Å². The first-order valence-corrected chi connectivity index (χ1v) is 15.2. The summed E-state index contributed by atoms with van der Waals surface area (Å²) in [5.74, 6) is 0.971. The zero-order chi connectivity index (χ0) is 25.8. The van der Waals surface area contributed by atoms with Crippen molar-refractivity contribution in [2.75, 3.05) is 44.0 Å². The number of hydrogen-bond acceptors (Lipinski definition) is 8. The first-order chi connectivity index (χ1) is 17.9. The second-order valence-corrected chi connectivity index (χ2v) is 12.7. The van der Waals surface area contributed by atoms with E-state index >= 15 is 0 Å². The average Bonchev–Trinajstić information content (AvgIpc) is 3.74. The normalized spacial score (nSPS) is 22.8. The SMILES string of the molecule is COCCN1CCc2ccc(Nc3ncc(Cl)c(N[C@@H]4CCCC[C@H]4NS(=O)(=O)C4CC4)n3)cc2CC1. The fourth-order valence-electron chi connectivity index (χ4n) is 5.26. The van der Waals surface area contributed by atoms with Crippen LogP contribution in [0.25, 0.3) is 0 Å². The number of anilines is 3. The number of benzene rings is 1. The molecule has 0 saturated heterocycles. The van der Waals surface area contributed by atoms with E-state index in [1.807, 2.05) is 0 Å². The smallest absolute Gasteiger partial charge is 0.229 e. The quantitative estimate of drug-likeness (QED) is 0.412. The number of aromatic nitrogens is 2. The molecule has 9 nitrogen and oxygen atoms in total. The van der Waals surface area contributed by atoms with Crippen molar-refractivity contribution in [3.63, 3.8) is 0 Å². The summed E-state index contributed by atoms with van der Waals surface area (Å²) in [5.41, 5.74) is 3.65. The van der Waals surface area contributed by atoms with Crippen LogP contribution in [0.4, 0.5) is 17.5 Å². The monoisotopic (exact) mass is 548 g/mol. The summed E-state index contributed by atoms with van der Waals surface area (Å²) in [6.07, 6.45) is 8.79. The summed E-state index contributed by atoms with van der Waals surface area (Å²) < 4.78 is 33.3. The molecule has 3 N–H and O–H groups in total. The van der Waals surface area contributed by atoms with E-state index < -0.39 is 10.0 Å². The van der Waals surface area contributed by atoms with Gasteiger partial charge in [-0.05, 0) is 61.8 Å². The molecule has 2 fully saturated rings. The van der Waals surface area contributed by atoms with Crippen LogP contribution in [0.2, 0.25) is 5.02 Å². The van der Waals surface area contributed by atoms with Crippen molar-refractivity contribution in [1.29, 1.82) is 0 Å². The number of ether oxygens (including phenoxy) is 1. The van der Waals surface area contributed by atoms with E-state index in [4.69, 9.17) is 16.3 Å². The van der Waals surface area contributed by atoms with Crippen LogP contribution < -0.4 is 15.4 Å². The van der Waals surface area contributed by atoms with Crippen molar-refractivity contribution in [3.05, 3.63) is 40.5 Å². The number of nitrogens with one attached hydrogen (secondary N) is 3. The fraction of sp³-hybridized carbons (Fsp3) is 0.615. The minimum atomic E-state index is -3.27. The van der Waals surface area contributed by atoms with Crippen LogP contribution in [0, 0.1) is 0 Å². The summed E-state index contributed by atoms with van der Waals surface area (Å²) >= 11 is 6.46. The van der Waals surface area contributed by atoms with E-state index in [0.717, 1.165) is 83.3 Å². The maximum Gasteiger partial charge on any atom is 0.229 e. The Morgan fingerprint density at radius 2 is 1.84 bits per heavy atom. The minimum Gasteiger partial charge on any atom is -0.383 e. The largest absolute Gasteiger partial charge is 0.383 e. The zero-order valence-electron chi connectivity index (χ0n) is 21.4. The molecule has 0 unspecified atom stereocenters. The highest BCUT2D eigenvalue weighted by Gasteiger charge is 2.39. The van der Waals surface area contributed by atoms with E-state index in [0.29, 0.717) is 16.8 Å². The van der Waals surface area contributed by atoms with Crippen molar-refractivity contribution in [3.8, 4) is 0 Å². The Morgan fingerprint density at radius 3 is 2.59 bits per heavy atom. The third-order valence-electron chi connectivity index (χ3n) is 7.58. The van der Waals surface area contributed by atoms with E-state index in [1.54, 1.807) is 13.3 Å². The molecule has 37 heavy (non-hydrogen) atoms. The van der Waals surface area contributed by atoms with Crippen LogP contribution in [-0.4, -0.2) is 74.0 Å². The Labute approximate surface area is 224 Å². The summed E-state index contributed by atoms with van der Waals surface area (Å²) in [5, 5.41) is 6.93. The van der Waals surface area contributed by atoms with Gasteiger partial charge in [-0.2, -0.15) is 4.98 Å². The van der Waals surface area contributed by atoms with Gasteiger partial charge in [-0.25, -0.2) is 18.1 Å². The van der Waals surface area contributed by atoms with E-state index in [2.05, 4.69) is 48.4 Å². The summed E-state index contributed by atoms with van der Waals surface area (Å²) in [6.45, 7) is 3.76. The molecular formula is C26H37ClN6O3S. The fourth-order valence-corrected chi connectivity index (χ4v) is 7.06. The second kappa shape index (κ2) is 11.8. The average molecular weight is 549 g/mol. The van der Waals surface area contributed by atoms with E-state index in [-0.39, 0.29) is 17.3 Å². The van der Waals surface area contributed by atoms with Gasteiger partial charge in [-0.15, -0.1) is 0 Å². The van der Waals surface area contributed by atoms with E-state index in [9.17, 15) is 8.42 Å². The number of hydrogen-bond donors (Lipinski definition) is 3. The minimum absolute atomic E-state index is 0.0731. The topological polar surface area (TPSA) is 108 Å². The van der Waals surface area contributed by atoms with Crippen LogP contribution >= 0.6 is 11.6 Å². The van der Waals surface area contributed by atoms with Gasteiger partial charge in [0.25, 0.3) is 0 Å². The molecule has 2 atom stereocenters. The molecule has 2 saturated carbocycles. The standard InChI is InChI=1S/C26H37ClN6O3S/c1-36-15-14-33-12-10-18-6-7-20(16-19(18)11-13-33)29-26-28-17-22(27)25(31-26)30-23-4-2-3-5-24(23)32-37(34,35)21-8-9-21/h6-7,16-17,21,23-24,32H,2-5,8-15H2,1H3,(H2,28,29,30,31)/t23-,24-/m1/s1. The molecule has 3 aliphatic rings. The number of methoxy groups -OCH3 is 1. The predicted octanol–water partition coefficient (Wildman–Crippen LogP) is 3.73. The van der Waals surface area contributed by atoms with Crippen molar-refractivity contribution in [1.82, 2.24) is 19.6 Å². The van der Waals surface area contributed by atoms with Gasteiger partial charge in [0.2, 0.25) is 16.0 Å².